The first-order valence-corrected chi connectivity index (χ1v) is 6.94. The third-order valence-electron chi connectivity index (χ3n) is 4.93. The van der Waals surface area contributed by atoms with Gasteiger partial charge in [0, 0.05) is 6.04 Å². The first-order valence-electron chi connectivity index (χ1n) is 6.94. The predicted octanol–water partition coefficient (Wildman–Crippen LogP) is 3.54. The summed E-state index contributed by atoms with van der Waals surface area (Å²) in [6.45, 7) is 6.18. The quantitative estimate of drug-likeness (QED) is 0.672. The van der Waals surface area contributed by atoms with E-state index in [9.17, 15) is 0 Å². The van der Waals surface area contributed by atoms with Gasteiger partial charge in [0.05, 0.1) is 0 Å². The lowest BCUT2D eigenvalue weighted by Gasteiger charge is -2.49. The van der Waals surface area contributed by atoms with E-state index in [1.165, 1.54) is 45.1 Å². The van der Waals surface area contributed by atoms with Crippen molar-refractivity contribution in [3.8, 4) is 0 Å². The molecule has 15 heavy (non-hydrogen) atoms. The molecule has 2 fully saturated rings. The van der Waals surface area contributed by atoms with Gasteiger partial charge in [0.25, 0.3) is 0 Å². The van der Waals surface area contributed by atoms with Crippen LogP contribution in [-0.4, -0.2) is 24.5 Å². The van der Waals surface area contributed by atoms with Crippen LogP contribution in [-0.2, 0) is 0 Å². The number of piperidine rings is 1. The summed E-state index contributed by atoms with van der Waals surface area (Å²) in [7, 11) is 2.34. The summed E-state index contributed by atoms with van der Waals surface area (Å²) in [5, 5.41) is 0. The summed E-state index contributed by atoms with van der Waals surface area (Å²) in [6.07, 6.45) is 8.71. The second-order valence-electron chi connectivity index (χ2n) is 5.86. The van der Waals surface area contributed by atoms with E-state index in [0.717, 1.165) is 23.8 Å². The van der Waals surface area contributed by atoms with Crippen molar-refractivity contribution in [2.75, 3.05) is 13.6 Å². The monoisotopic (exact) mass is 209 g/mol. The number of hydrogen-bond acceptors (Lipinski definition) is 1. The SMILES string of the molecule is CCCC1C(C)CCC2C1CCCN2C. The van der Waals surface area contributed by atoms with E-state index in [4.69, 9.17) is 0 Å². The molecule has 1 saturated heterocycles. The molecule has 0 radical (unpaired) electrons. The molecule has 1 aliphatic carbocycles. The van der Waals surface area contributed by atoms with Crippen molar-refractivity contribution >= 4 is 0 Å². The zero-order chi connectivity index (χ0) is 10.8. The third-order valence-corrected chi connectivity index (χ3v) is 4.93. The zero-order valence-corrected chi connectivity index (χ0v) is 10.7. The van der Waals surface area contributed by atoms with Crippen LogP contribution in [0.15, 0.2) is 0 Å². The second-order valence-corrected chi connectivity index (χ2v) is 5.86. The molecule has 1 nitrogen and oxygen atoms in total. The minimum Gasteiger partial charge on any atom is -0.303 e. The molecule has 1 heteroatoms. The van der Waals surface area contributed by atoms with Gasteiger partial charge in [-0.3, -0.25) is 0 Å². The van der Waals surface area contributed by atoms with Crippen molar-refractivity contribution in [3.05, 3.63) is 0 Å². The highest BCUT2D eigenvalue weighted by Gasteiger charge is 2.39. The lowest BCUT2D eigenvalue weighted by Crippen LogP contribution is -2.49. The van der Waals surface area contributed by atoms with Gasteiger partial charge in [0.15, 0.2) is 0 Å². The topological polar surface area (TPSA) is 3.24 Å². The van der Waals surface area contributed by atoms with Gasteiger partial charge in [-0.2, -0.15) is 0 Å². The molecule has 4 unspecified atom stereocenters. The number of fused-ring (bicyclic) bond motifs is 1. The van der Waals surface area contributed by atoms with Crippen molar-refractivity contribution in [1.82, 2.24) is 4.90 Å². The lowest BCUT2D eigenvalue weighted by atomic mass is 9.65. The zero-order valence-electron chi connectivity index (χ0n) is 10.7. The number of rotatable bonds is 2. The van der Waals surface area contributed by atoms with Gasteiger partial charge in [-0.15, -0.1) is 0 Å². The van der Waals surface area contributed by atoms with Crippen molar-refractivity contribution in [1.29, 1.82) is 0 Å². The van der Waals surface area contributed by atoms with E-state index in [1.54, 1.807) is 0 Å². The van der Waals surface area contributed by atoms with Crippen molar-refractivity contribution in [2.24, 2.45) is 17.8 Å². The van der Waals surface area contributed by atoms with E-state index in [0.29, 0.717) is 0 Å². The Morgan fingerprint density at radius 2 is 2.00 bits per heavy atom. The summed E-state index contributed by atoms with van der Waals surface area (Å²) in [4.78, 5) is 2.64. The third kappa shape index (κ3) is 2.22. The molecule has 0 aromatic carbocycles. The van der Waals surface area contributed by atoms with E-state index in [2.05, 4.69) is 25.8 Å². The van der Waals surface area contributed by atoms with E-state index < -0.39 is 0 Å². The number of hydrogen-bond donors (Lipinski definition) is 0. The molecule has 4 atom stereocenters. The molecule has 2 rings (SSSR count). The maximum Gasteiger partial charge on any atom is 0.0123 e. The highest BCUT2D eigenvalue weighted by Crippen LogP contribution is 2.43. The van der Waals surface area contributed by atoms with Gasteiger partial charge in [-0.05, 0) is 57.0 Å². The summed E-state index contributed by atoms with van der Waals surface area (Å²) in [5.74, 6) is 3.03. The van der Waals surface area contributed by atoms with Gasteiger partial charge in [0.1, 0.15) is 0 Å². The first-order chi connectivity index (χ1) is 7.24. The van der Waals surface area contributed by atoms with Gasteiger partial charge in [-0.1, -0.05) is 26.7 Å². The number of likely N-dealkylation sites (tertiary alicyclic amines) is 1. The first kappa shape index (κ1) is 11.4. The Balaban J connectivity index is 2.07. The molecule has 0 bridgehead atoms. The van der Waals surface area contributed by atoms with Crippen LogP contribution in [0.5, 0.6) is 0 Å². The Morgan fingerprint density at radius 3 is 2.73 bits per heavy atom. The Hall–Kier alpha value is -0.0400. The molecule has 1 saturated carbocycles. The molecule has 2 aliphatic rings. The van der Waals surface area contributed by atoms with Crippen molar-refractivity contribution in [2.45, 2.75) is 58.4 Å². The van der Waals surface area contributed by atoms with Crippen LogP contribution >= 0.6 is 0 Å². The average molecular weight is 209 g/mol. The molecular formula is C14H27N. The fourth-order valence-electron chi connectivity index (χ4n) is 4.10. The maximum absolute atomic E-state index is 2.64. The van der Waals surface area contributed by atoms with Crippen LogP contribution in [0.3, 0.4) is 0 Å². The van der Waals surface area contributed by atoms with E-state index in [-0.39, 0.29) is 0 Å². The standard InChI is InChI=1S/C14H27N/c1-4-6-12-11(2)8-9-14-13(12)7-5-10-15(14)3/h11-14H,4-10H2,1-3H3. The minimum absolute atomic E-state index is 0.923. The van der Waals surface area contributed by atoms with E-state index >= 15 is 0 Å². The molecule has 0 aromatic heterocycles. The summed E-state index contributed by atoms with van der Waals surface area (Å²) in [6, 6.07) is 0.923. The lowest BCUT2D eigenvalue weighted by molar-refractivity contribution is 0.0126. The van der Waals surface area contributed by atoms with Crippen LogP contribution in [0.4, 0.5) is 0 Å². The molecular weight excluding hydrogens is 182 g/mol. The predicted molar refractivity (Wildman–Crippen MR) is 65.9 cm³/mol. The van der Waals surface area contributed by atoms with Gasteiger partial charge in [0.2, 0.25) is 0 Å². The minimum atomic E-state index is 0.923. The molecule has 1 aliphatic heterocycles. The van der Waals surface area contributed by atoms with Crippen LogP contribution in [0.25, 0.3) is 0 Å². The van der Waals surface area contributed by atoms with Gasteiger partial charge >= 0.3 is 0 Å². The Bertz CT molecular complexity index is 202. The van der Waals surface area contributed by atoms with Gasteiger partial charge < -0.3 is 4.90 Å². The van der Waals surface area contributed by atoms with Crippen molar-refractivity contribution in [3.63, 3.8) is 0 Å². The smallest absolute Gasteiger partial charge is 0.0123 e. The fraction of sp³-hybridized carbons (Fsp3) is 1.00. The fourth-order valence-corrected chi connectivity index (χ4v) is 4.10. The second kappa shape index (κ2) is 4.86. The molecule has 0 amide bonds. The van der Waals surface area contributed by atoms with Gasteiger partial charge in [-0.25, -0.2) is 0 Å². The number of nitrogens with zero attached hydrogens (tertiary/aromatic N) is 1. The van der Waals surface area contributed by atoms with Crippen molar-refractivity contribution < 1.29 is 0 Å². The highest BCUT2D eigenvalue weighted by atomic mass is 15.1. The average Bonchev–Trinajstić information content (AvgIpc) is 2.23. The molecule has 0 spiro atoms. The van der Waals surface area contributed by atoms with Crippen LogP contribution < -0.4 is 0 Å². The van der Waals surface area contributed by atoms with Crippen LogP contribution in [0.2, 0.25) is 0 Å². The Kier molecular flexibility index (Phi) is 3.71. The largest absolute Gasteiger partial charge is 0.303 e. The Labute approximate surface area is 95.2 Å². The molecule has 0 N–H and O–H groups in total. The summed E-state index contributed by atoms with van der Waals surface area (Å²) < 4.78 is 0. The van der Waals surface area contributed by atoms with Crippen LogP contribution in [0.1, 0.15) is 52.4 Å². The summed E-state index contributed by atoms with van der Waals surface area (Å²) in [5.41, 5.74) is 0. The highest BCUT2D eigenvalue weighted by molar-refractivity contribution is 4.92. The molecule has 1 heterocycles. The Morgan fingerprint density at radius 1 is 1.20 bits per heavy atom. The normalized spacial score (nSPS) is 42.6. The van der Waals surface area contributed by atoms with E-state index in [1.807, 2.05) is 0 Å². The molecule has 88 valence electrons. The maximum atomic E-state index is 2.64. The van der Waals surface area contributed by atoms with Crippen LogP contribution in [0, 0.1) is 17.8 Å². The summed E-state index contributed by atoms with van der Waals surface area (Å²) >= 11 is 0. The molecule has 0 aromatic rings.